The van der Waals surface area contributed by atoms with E-state index in [1.165, 1.54) is 29.7 Å². The van der Waals surface area contributed by atoms with Crippen molar-refractivity contribution in [1.82, 2.24) is 5.32 Å². The van der Waals surface area contributed by atoms with Gasteiger partial charge in [0.1, 0.15) is 0 Å². The Balaban J connectivity index is 1.43. The van der Waals surface area contributed by atoms with Crippen LogP contribution in [0.2, 0.25) is 0 Å². The molecule has 0 aliphatic carbocycles. The van der Waals surface area contributed by atoms with Crippen LogP contribution in [0.4, 0.5) is 11.4 Å². The average Bonchev–Trinajstić information content (AvgIpc) is 2.65. The van der Waals surface area contributed by atoms with Gasteiger partial charge in [0.2, 0.25) is 5.91 Å². The number of hydrogen-bond donors (Lipinski definition) is 2. The van der Waals surface area contributed by atoms with Gasteiger partial charge in [0, 0.05) is 31.0 Å². The van der Waals surface area contributed by atoms with Crippen LogP contribution in [0.25, 0.3) is 0 Å². The summed E-state index contributed by atoms with van der Waals surface area (Å²) in [5.74, 6) is 0.814. The van der Waals surface area contributed by atoms with Gasteiger partial charge in [-0.05, 0) is 55.5 Å². The Kier molecular flexibility index (Phi) is 6.29. The summed E-state index contributed by atoms with van der Waals surface area (Å²) in [6, 6.07) is 16.5. The Morgan fingerprint density at radius 1 is 1.04 bits per heavy atom. The van der Waals surface area contributed by atoms with E-state index < -0.39 is 0 Å². The van der Waals surface area contributed by atoms with Crippen LogP contribution >= 0.6 is 0 Å². The molecular weight excluding hydrogens is 322 g/mol. The second-order valence-electron chi connectivity index (χ2n) is 7.35. The predicted molar refractivity (Wildman–Crippen MR) is 109 cm³/mol. The number of amides is 1. The van der Waals surface area contributed by atoms with Gasteiger partial charge in [0.05, 0.1) is 6.54 Å². The molecule has 0 aromatic heterocycles. The van der Waals surface area contributed by atoms with Crippen molar-refractivity contribution in [2.75, 3.05) is 29.9 Å². The lowest BCUT2D eigenvalue weighted by Crippen LogP contribution is -2.32. The summed E-state index contributed by atoms with van der Waals surface area (Å²) >= 11 is 0. The first-order chi connectivity index (χ1) is 12.6. The van der Waals surface area contributed by atoms with Crippen molar-refractivity contribution in [3.05, 3.63) is 59.7 Å². The molecule has 1 heterocycles. The molecule has 2 aromatic carbocycles. The normalized spacial score (nSPS) is 15.1. The first-order valence-electron chi connectivity index (χ1n) is 9.51. The van der Waals surface area contributed by atoms with Gasteiger partial charge in [-0.15, -0.1) is 0 Å². The first-order valence-corrected chi connectivity index (χ1v) is 9.51. The van der Waals surface area contributed by atoms with Gasteiger partial charge in [0.25, 0.3) is 0 Å². The summed E-state index contributed by atoms with van der Waals surface area (Å²) in [5.41, 5.74) is 4.52. The molecule has 26 heavy (non-hydrogen) atoms. The minimum absolute atomic E-state index is 0.0170. The Hall–Kier alpha value is -2.33. The van der Waals surface area contributed by atoms with Crippen molar-refractivity contribution in [2.45, 2.75) is 33.2 Å². The zero-order chi connectivity index (χ0) is 18.4. The number of nitrogens with one attached hydrogen (secondary N) is 2. The summed E-state index contributed by atoms with van der Waals surface area (Å²) in [6.07, 6.45) is 2.51. The van der Waals surface area contributed by atoms with Crippen molar-refractivity contribution >= 4 is 17.3 Å². The number of rotatable bonds is 6. The standard InChI is InChI=1S/C22H29N3O/c1-17-3-5-19(6-4-17)15-23-16-22(26)24-20-7-9-21(10-8-20)25-13-11-18(2)12-14-25/h3-10,18,23H,11-16H2,1-2H3,(H,24,26). The molecule has 1 saturated heterocycles. The maximum atomic E-state index is 12.1. The number of carbonyl (C=O) groups is 1. The molecule has 4 heteroatoms. The molecule has 2 N–H and O–H groups in total. The summed E-state index contributed by atoms with van der Waals surface area (Å²) < 4.78 is 0. The van der Waals surface area contributed by atoms with Gasteiger partial charge in [-0.2, -0.15) is 0 Å². The van der Waals surface area contributed by atoms with Crippen molar-refractivity contribution in [3.8, 4) is 0 Å². The van der Waals surface area contributed by atoms with E-state index in [-0.39, 0.29) is 5.91 Å². The lowest BCUT2D eigenvalue weighted by Gasteiger charge is -2.32. The number of piperidine rings is 1. The molecule has 4 nitrogen and oxygen atoms in total. The Morgan fingerprint density at radius 2 is 1.69 bits per heavy atom. The second kappa shape index (κ2) is 8.86. The number of carbonyl (C=O) groups excluding carboxylic acids is 1. The maximum absolute atomic E-state index is 12.1. The molecule has 0 unspecified atom stereocenters. The molecule has 3 rings (SSSR count). The van der Waals surface area contributed by atoms with E-state index in [2.05, 4.69) is 65.8 Å². The zero-order valence-corrected chi connectivity index (χ0v) is 15.8. The largest absolute Gasteiger partial charge is 0.372 e. The highest BCUT2D eigenvalue weighted by molar-refractivity contribution is 5.92. The molecule has 1 amide bonds. The lowest BCUT2D eigenvalue weighted by molar-refractivity contribution is -0.115. The average molecular weight is 351 g/mol. The quantitative estimate of drug-likeness (QED) is 0.828. The number of benzene rings is 2. The van der Waals surface area contributed by atoms with Crippen LogP contribution in [0.5, 0.6) is 0 Å². The third-order valence-corrected chi connectivity index (χ3v) is 5.04. The smallest absolute Gasteiger partial charge is 0.238 e. The fraction of sp³-hybridized carbons (Fsp3) is 0.409. The molecule has 1 aliphatic heterocycles. The third kappa shape index (κ3) is 5.33. The molecule has 0 radical (unpaired) electrons. The van der Waals surface area contributed by atoms with Gasteiger partial charge in [-0.1, -0.05) is 36.8 Å². The molecule has 0 spiro atoms. The van der Waals surface area contributed by atoms with Gasteiger partial charge < -0.3 is 15.5 Å². The van der Waals surface area contributed by atoms with Crippen LogP contribution < -0.4 is 15.5 Å². The molecule has 2 aromatic rings. The highest BCUT2D eigenvalue weighted by atomic mass is 16.1. The van der Waals surface area contributed by atoms with Crippen LogP contribution in [0.15, 0.2) is 48.5 Å². The molecule has 0 bridgehead atoms. The number of anilines is 2. The van der Waals surface area contributed by atoms with Crippen LogP contribution in [-0.2, 0) is 11.3 Å². The van der Waals surface area contributed by atoms with Gasteiger partial charge in [0.15, 0.2) is 0 Å². The maximum Gasteiger partial charge on any atom is 0.238 e. The van der Waals surface area contributed by atoms with Crippen LogP contribution in [0, 0.1) is 12.8 Å². The van der Waals surface area contributed by atoms with Crippen molar-refractivity contribution in [1.29, 1.82) is 0 Å². The molecule has 0 atom stereocenters. The third-order valence-electron chi connectivity index (χ3n) is 5.04. The molecule has 1 aliphatic rings. The van der Waals surface area contributed by atoms with E-state index >= 15 is 0 Å². The predicted octanol–water partition coefficient (Wildman–Crippen LogP) is 3.96. The fourth-order valence-electron chi connectivity index (χ4n) is 3.25. The number of hydrogen-bond acceptors (Lipinski definition) is 3. The number of nitrogens with zero attached hydrogens (tertiary/aromatic N) is 1. The summed E-state index contributed by atoms with van der Waals surface area (Å²) in [7, 11) is 0. The van der Waals surface area contributed by atoms with Crippen molar-refractivity contribution in [2.24, 2.45) is 5.92 Å². The monoisotopic (exact) mass is 351 g/mol. The Morgan fingerprint density at radius 3 is 2.35 bits per heavy atom. The Labute approximate surface area is 156 Å². The van der Waals surface area contributed by atoms with E-state index in [1.54, 1.807) is 0 Å². The molecular formula is C22H29N3O. The fourth-order valence-corrected chi connectivity index (χ4v) is 3.25. The van der Waals surface area contributed by atoms with Crippen LogP contribution in [0.1, 0.15) is 30.9 Å². The molecule has 0 saturated carbocycles. The SMILES string of the molecule is Cc1ccc(CNCC(=O)Nc2ccc(N3CCC(C)CC3)cc2)cc1. The molecule has 1 fully saturated rings. The topological polar surface area (TPSA) is 44.4 Å². The summed E-state index contributed by atoms with van der Waals surface area (Å²) in [5, 5.41) is 6.14. The van der Waals surface area contributed by atoms with E-state index in [0.717, 1.165) is 24.7 Å². The van der Waals surface area contributed by atoms with Crippen molar-refractivity contribution in [3.63, 3.8) is 0 Å². The minimum Gasteiger partial charge on any atom is -0.372 e. The van der Waals surface area contributed by atoms with Crippen LogP contribution in [-0.4, -0.2) is 25.5 Å². The Bertz CT molecular complexity index is 701. The zero-order valence-electron chi connectivity index (χ0n) is 15.8. The first kappa shape index (κ1) is 18.5. The van der Waals surface area contributed by atoms with E-state index in [4.69, 9.17) is 0 Å². The van der Waals surface area contributed by atoms with E-state index in [0.29, 0.717) is 13.1 Å². The lowest BCUT2D eigenvalue weighted by atomic mass is 9.99. The van der Waals surface area contributed by atoms with Gasteiger partial charge in [-0.25, -0.2) is 0 Å². The summed E-state index contributed by atoms with van der Waals surface area (Å²) in [6.45, 7) is 7.63. The van der Waals surface area contributed by atoms with E-state index in [1.807, 2.05) is 12.1 Å². The minimum atomic E-state index is -0.0170. The number of aryl methyl sites for hydroxylation is 1. The second-order valence-corrected chi connectivity index (χ2v) is 7.35. The summed E-state index contributed by atoms with van der Waals surface area (Å²) in [4.78, 5) is 14.5. The molecule has 138 valence electrons. The highest BCUT2D eigenvalue weighted by Gasteiger charge is 2.15. The van der Waals surface area contributed by atoms with Crippen LogP contribution in [0.3, 0.4) is 0 Å². The van der Waals surface area contributed by atoms with Gasteiger partial charge in [-0.3, -0.25) is 4.79 Å². The van der Waals surface area contributed by atoms with E-state index in [9.17, 15) is 4.79 Å². The van der Waals surface area contributed by atoms with Crippen molar-refractivity contribution < 1.29 is 4.79 Å². The van der Waals surface area contributed by atoms with Gasteiger partial charge >= 0.3 is 0 Å². The highest BCUT2D eigenvalue weighted by Crippen LogP contribution is 2.24.